The van der Waals surface area contributed by atoms with Crippen LogP contribution in [-0.4, -0.2) is 28.4 Å². The standard InChI is InChI=1S/C24H27N5O3/c1-5-29-17(4)20(16(3)28-29)13-25-24(26-19-8-6-7-15(2)11-19)27-23(30)18-9-10-21-22(12-18)32-14-31-21/h6-12H,5,13-14H2,1-4H3,(H2,25,26,27,30). The van der Waals surface area contributed by atoms with Gasteiger partial charge in [0, 0.05) is 29.1 Å². The minimum Gasteiger partial charge on any atom is -0.454 e. The monoisotopic (exact) mass is 433 g/mol. The summed E-state index contributed by atoms with van der Waals surface area (Å²) < 4.78 is 12.7. The number of nitrogens with zero attached hydrogens (tertiary/aromatic N) is 3. The van der Waals surface area contributed by atoms with Crippen LogP contribution < -0.4 is 20.1 Å². The zero-order valence-corrected chi connectivity index (χ0v) is 18.7. The fraction of sp³-hybridized carbons (Fsp3) is 0.292. The highest BCUT2D eigenvalue weighted by molar-refractivity contribution is 6.10. The third-order valence-electron chi connectivity index (χ3n) is 5.37. The number of benzene rings is 2. The molecule has 1 aliphatic rings. The summed E-state index contributed by atoms with van der Waals surface area (Å²) in [5.41, 5.74) is 5.46. The third-order valence-corrected chi connectivity index (χ3v) is 5.37. The summed E-state index contributed by atoms with van der Waals surface area (Å²) in [6.07, 6.45) is 0. The topological polar surface area (TPSA) is 89.8 Å². The molecule has 8 nitrogen and oxygen atoms in total. The normalized spacial score (nSPS) is 12.7. The molecular weight excluding hydrogens is 406 g/mol. The molecule has 4 rings (SSSR count). The maximum atomic E-state index is 13.0. The van der Waals surface area contributed by atoms with Crippen molar-refractivity contribution in [3.63, 3.8) is 0 Å². The van der Waals surface area contributed by atoms with Gasteiger partial charge in [0.15, 0.2) is 11.5 Å². The van der Waals surface area contributed by atoms with Crippen LogP contribution in [0.25, 0.3) is 0 Å². The Balaban J connectivity index is 1.59. The van der Waals surface area contributed by atoms with Crippen molar-refractivity contribution in [3.8, 4) is 11.5 Å². The molecular formula is C24H27N5O3. The van der Waals surface area contributed by atoms with Crippen molar-refractivity contribution >= 4 is 17.6 Å². The van der Waals surface area contributed by atoms with Gasteiger partial charge in [-0.1, -0.05) is 12.1 Å². The highest BCUT2D eigenvalue weighted by atomic mass is 16.7. The number of ether oxygens (including phenoxy) is 2. The van der Waals surface area contributed by atoms with Gasteiger partial charge in [-0.3, -0.25) is 14.8 Å². The molecule has 0 aliphatic carbocycles. The van der Waals surface area contributed by atoms with Crippen LogP contribution >= 0.6 is 0 Å². The lowest BCUT2D eigenvalue weighted by atomic mass is 10.2. The van der Waals surface area contributed by atoms with Gasteiger partial charge >= 0.3 is 0 Å². The van der Waals surface area contributed by atoms with E-state index < -0.39 is 0 Å². The van der Waals surface area contributed by atoms with Crippen molar-refractivity contribution in [2.75, 3.05) is 12.1 Å². The van der Waals surface area contributed by atoms with Crippen molar-refractivity contribution < 1.29 is 14.3 Å². The van der Waals surface area contributed by atoms with Gasteiger partial charge in [-0.2, -0.15) is 5.10 Å². The van der Waals surface area contributed by atoms with E-state index in [0.29, 0.717) is 29.6 Å². The first-order valence-electron chi connectivity index (χ1n) is 10.6. The van der Waals surface area contributed by atoms with Gasteiger partial charge in [0.1, 0.15) is 0 Å². The van der Waals surface area contributed by atoms with E-state index in [2.05, 4.69) is 22.7 Å². The zero-order valence-electron chi connectivity index (χ0n) is 18.7. The largest absolute Gasteiger partial charge is 0.454 e. The van der Waals surface area contributed by atoms with Crippen LogP contribution in [0, 0.1) is 20.8 Å². The van der Waals surface area contributed by atoms with E-state index in [1.807, 2.05) is 49.7 Å². The molecule has 2 heterocycles. The molecule has 3 aromatic rings. The molecule has 0 saturated carbocycles. The number of carbonyl (C=O) groups excluding carboxylic acids is 1. The van der Waals surface area contributed by atoms with Crippen LogP contribution in [0.1, 0.15) is 39.8 Å². The average molecular weight is 434 g/mol. The summed E-state index contributed by atoms with van der Waals surface area (Å²) in [4.78, 5) is 17.7. The molecule has 8 heteroatoms. The molecule has 0 spiro atoms. The van der Waals surface area contributed by atoms with E-state index in [9.17, 15) is 4.79 Å². The lowest BCUT2D eigenvalue weighted by Gasteiger charge is -2.13. The number of aliphatic imine (C=N–C) groups is 1. The average Bonchev–Trinajstić information content (AvgIpc) is 3.35. The predicted molar refractivity (Wildman–Crippen MR) is 123 cm³/mol. The van der Waals surface area contributed by atoms with E-state index in [0.717, 1.165) is 34.7 Å². The fourth-order valence-electron chi connectivity index (χ4n) is 3.62. The minimum absolute atomic E-state index is 0.159. The number of hydrogen-bond acceptors (Lipinski definition) is 5. The highest BCUT2D eigenvalue weighted by Crippen LogP contribution is 2.32. The molecule has 166 valence electrons. The lowest BCUT2D eigenvalue weighted by molar-refractivity contribution is 0.0976. The first-order chi connectivity index (χ1) is 15.4. The maximum Gasteiger partial charge on any atom is 0.258 e. The van der Waals surface area contributed by atoms with Gasteiger partial charge < -0.3 is 14.8 Å². The van der Waals surface area contributed by atoms with Crippen LogP contribution in [0.2, 0.25) is 0 Å². The van der Waals surface area contributed by atoms with Crippen molar-refractivity contribution in [3.05, 3.63) is 70.5 Å². The molecule has 32 heavy (non-hydrogen) atoms. The Morgan fingerprint density at radius 1 is 1.12 bits per heavy atom. The molecule has 0 saturated heterocycles. The van der Waals surface area contributed by atoms with Crippen LogP contribution in [-0.2, 0) is 13.1 Å². The minimum atomic E-state index is -0.292. The molecule has 1 aromatic heterocycles. The van der Waals surface area contributed by atoms with E-state index in [-0.39, 0.29) is 12.7 Å². The molecule has 1 amide bonds. The summed E-state index contributed by atoms with van der Waals surface area (Å²) in [5, 5.41) is 10.7. The predicted octanol–water partition coefficient (Wildman–Crippen LogP) is 3.96. The highest BCUT2D eigenvalue weighted by Gasteiger charge is 2.18. The number of aromatic nitrogens is 2. The van der Waals surface area contributed by atoms with Crippen molar-refractivity contribution in [1.29, 1.82) is 0 Å². The van der Waals surface area contributed by atoms with E-state index in [1.165, 1.54) is 0 Å². The number of aryl methyl sites for hydroxylation is 3. The van der Waals surface area contributed by atoms with Crippen molar-refractivity contribution in [2.24, 2.45) is 4.99 Å². The number of hydrogen-bond donors (Lipinski definition) is 2. The van der Waals surface area contributed by atoms with Gasteiger partial charge in [0.25, 0.3) is 5.91 Å². The van der Waals surface area contributed by atoms with E-state index >= 15 is 0 Å². The zero-order chi connectivity index (χ0) is 22.7. The Labute approximate surface area is 187 Å². The van der Waals surface area contributed by atoms with Gasteiger partial charge in [0.05, 0.1) is 12.2 Å². The number of guanidine groups is 1. The smallest absolute Gasteiger partial charge is 0.258 e. The molecule has 0 radical (unpaired) electrons. The number of carbonyl (C=O) groups is 1. The molecule has 0 fully saturated rings. The summed E-state index contributed by atoms with van der Waals surface area (Å²) in [5.74, 6) is 1.26. The molecule has 2 N–H and O–H groups in total. The lowest BCUT2D eigenvalue weighted by Crippen LogP contribution is -2.36. The summed E-state index contributed by atoms with van der Waals surface area (Å²) in [6.45, 7) is 9.43. The van der Waals surface area contributed by atoms with E-state index in [4.69, 9.17) is 14.5 Å². The molecule has 0 unspecified atom stereocenters. The number of anilines is 1. The van der Waals surface area contributed by atoms with Gasteiger partial charge in [-0.05, 0) is 63.6 Å². The first-order valence-corrected chi connectivity index (χ1v) is 10.6. The maximum absolute atomic E-state index is 13.0. The molecule has 2 aromatic carbocycles. The van der Waals surface area contributed by atoms with Crippen molar-refractivity contribution in [1.82, 2.24) is 15.1 Å². The third kappa shape index (κ3) is 4.59. The Bertz CT molecular complexity index is 1180. The van der Waals surface area contributed by atoms with Gasteiger partial charge in [-0.25, -0.2) is 4.99 Å². The quantitative estimate of drug-likeness (QED) is 0.470. The summed E-state index contributed by atoms with van der Waals surface area (Å²) >= 11 is 0. The Kier molecular flexibility index (Phi) is 6.11. The number of amides is 1. The number of fused-ring (bicyclic) bond motifs is 1. The van der Waals surface area contributed by atoms with Crippen molar-refractivity contribution in [2.45, 2.75) is 40.8 Å². The Morgan fingerprint density at radius 3 is 2.69 bits per heavy atom. The summed E-state index contributed by atoms with van der Waals surface area (Å²) in [6, 6.07) is 13.0. The second-order valence-corrected chi connectivity index (χ2v) is 7.65. The van der Waals surface area contributed by atoms with Crippen LogP contribution in [0.15, 0.2) is 47.5 Å². The van der Waals surface area contributed by atoms with Crippen LogP contribution in [0.4, 0.5) is 5.69 Å². The molecule has 1 aliphatic heterocycles. The number of nitrogens with one attached hydrogen (secondary N) is 2. The van der Waals surface area contributed by atoms with Gasteiger partial charge in [-0.15, -0.1) is 0 Å². The van der Waals surface area contributed by atoms with E-state index in [1.54, 1.807) is 18.2 Å². The SMILES string of the molecule is CCn1nc(C)c(CN=C(NC(=O)c2ccc3c(c2)OCO3)Nc2cccc(C)c2)c1C. The van der Waals surface area contributed by atoms with Crippen LogP contribution in [0.5, 0.6) is 11.5 Å². The number of rotatable bonds is 5. The molecule has 0 bridgehead atoms. The van der Waals surface area contributed by atoms with Gasteiger partial charge in [0.2, 0.25) is 12.8 Å². The van der Waals surface area contributed by atoms with Crippen LogP contribution in [0.3, 0.4) is 0 Å². The summed E-state index contributed by atoms with van der Waals surface area (Å²) in [7, 11) is 0. The second-order valence-electron chi connectivity index (χ2n) is 7.65. The Morgan fingerprint density at radius 2 is 1.94 bits per heavy atom. The second kappa shape index (κ2) is 9.13. The Hall–Kier alpha value is -3.81. The fourth-order valence-corrected chi connectivity index (χ4v) is 3.62. The first kappa shape index (κ1) is 21.4. The molecule has 0 atom stereocenters.